The largest absolute Gasteiger partial charge is 0.298 e. The second kappa shape index (κ2) is 7.15. The average molecular weight is 420 g/mol. The molecule has 0 saturated heterocycles. The van der Waals surface area contributed by atoms with Crippen LogP contribution in [0.3, 0.4) is 0 Å². The van der Waals surface area contributed by atoms with Gasteiger partial charge in [-0.15, -0.1) is 21.5 Å². The normalized spacial score (nSPS) is 15.7. The molecular weight excluding hydrogens is 398 g/mol. The molecule has 5 nitrogen and oxygen atoms in total. The second-order valence-electron chi connectivity index (χ2n) is 7.65. The molecule has 3 aromatic heterocycles. The summed E-state index contributed by atoms with van der Waals surface area (Å²) in [6.45, 7) is 0. The summed E-state index contributed by atoms with van der Waals surface area (Å²) in [5, 5.41) is 17.2. The van der Waals surface area contributed by atoms with E-state index in [9.17, 15) is 0 Å². The Morgan fingerprint density at radius 2 is 1.93 bits per heavy atom. The minimum absolute atomic E-state index is 0.553. The average Bonchev–Trinajstić information content (AvgIpc) is 3.19. The third kappa shape index (κ3) is 3.13. The standard InChI is InChI=1S/C22H21N5S2/c1-2-6-16(7-3-1)27-19-9-4-8-17(19)18(25-27)14-29-22-24-23-21(20-10-5-13-28-20)26(22)15-11-12-15/h1-3,5-7,10,13,15H,4,8-9,11-12,14H2. The van der Waals surface area contributed by atoms with Gasteiger partial charge in [-0.05, 0) is 61.2 Å². The molecule has 1 aromatic carbocycles. The van der Waals surface area contributed by atoms with Crippen LogP contribution in [-0.2, 0) is 18.6 Å². The van der Waals surface area contributed by atoms with E-state index in [0.29, 0.717) is 6.04 Å². The van der Waals surface area contributed by atoms with E-state index >= 15 is 0 Å². The lowest BCUT2D eigenvalue weighted by Gasteiger charge is -2.07. The topological polar surface area (TPSA) is 48.5 Å². The van der Waals surface area contributed by atoms with Crippen molar-refractivity contribution in [3.05, 3.63) is 64.8 Å². The van der Waals surface area contributed by atoms with E-state index in [4.69, 9.17) is 5.10 Å². The van der Waals surface area contributed by atoms with Gasteiger partial charge in [0.05, 0.1) is 16.3 Å². The summed E-state index contributed by atoms with van der Waals surface area (Å²) < 4.78 is 4.51. The van der Waals surface area contributed by atoms with Crippen LogP contribution in [0.25, 0.3) is 16.4 Å². The van der Waals surface area contributed by atoms with Crippen LogP contribution in [0.2, 0.25) is 0 Å². The van der Waals surface area contributed by atoms with Gasteiger partial charge in [0.2, 0.25) is 0 Å². The van der Waals surface area contributed by atoms with Crippen LogP contribution in [-0.4, -0.2) is 24.5 Å². The summed E-state index contributed by atoms with van der Waals surface area (Å²) in [6.07, 6.45) is 5.92. The van der Waals surface area contributed by atoms with E-state index < -0.39 is 0 Å². The summed E-state index contributed by atoms with van der Waals surface area (Å²) in [7, 11) is 0. The van der Waals surface area contributed by atoms with E-state index in [1.807, 2.05) is 0 Å². The van der Waals surface area contributed by atoms with Crippen molar-refractivity contribution in [3.63, 3.8) is 0 Å². The number of thioether (sulfide) groups is 1. The SMILES string of the molecule is c1ccc(-n2nc(CSc3nnc(-c4cccs4)n3C3CC3)c3c2CCC3)cc1. The number of hydrogen-bond donors (Lipinski definition) is 0. The molecule has 1 fully saturated rings. The van der Waals surface area contributed by atoms with Crippen molar-refractivity contribution in [2.45, 2.75) is 49.1 Å². The Bertz CT molecular complexity index is 1140. The molecular formula is C22H21N5S2. The molecule has 0 spiro atoms. The molecule has 29 heavy (non-hydrogen) atoms. The van der Waals surface area contributed by atoms with E-state index in [2.05, 4.69) is 67.3 Å². The van der Waals surface area contributed by atoms with Crippen molar-refractivity contribution >= 4 is 23.1 Å². The molecule has 0 radical (unpaired) electrons. The molecule has 2 aliphatic rings. The molecule has 0 N–H and O–H groups in total. The Balaban J connectivity index is 1.31. The van der Waals surface area contributed by atoms with Crippen molar-refractivity contribution in [2.24, 2.45) is 0 Å². The van der Waals surface area contributed by atoms with Gasteiger partial charge in [0, 0.05) is 17.5 Å². The molecule has 2 aliphatic carbocycles. The predicted molar refractivity (Wildman–Crippen MR) is 117 cm³/mol. The van der Waals surface area contributed by atoms with Crippen molar-refractivity contribution in [1.29, 1.82) is 0 Å². The number of para-hydroxylation sites is 1. The van der Waals surface area contributed by atoms with Crippen LogP contribution in [0, 0.1) is 0 Å². The summed E-state index contributed by atoms with van der Waals surface area (Å²) in [6, 6.07) is 15.3. The van der Waals surface area contributed by atoms with Gasteiger partial charge in [-0.2, -0.15) is 5.10 Å². The summed E-state index contributed by atoms with van der Waals surface area (Å²) in [4.78, 5) is 1.20. The first kappa shape index (κ1) is 17.5. The van der Waals surface area contributed by atoms with E-state index in [1.54, 1.807) is 23.1 Å². The lowest BCUT2D eigenvalue weighted by atomic mass is 10.2. The minimum Gasteiger partial charge on any atom is -0.298 e. The number of thiophene rings is 1. The smallest absolute Gasteiger partial charge is 0.192 e. The molecule has 146 valence electrons. The van der Waals surface area contributed by atoms with Crippen molar-refractivity contribution in [3.8, 4) is 16.4 Å². The quantitative estimate of drug-likeness (QED) is 0.398. The molecule has 0 unspecified atom stereocenters. The van der Waals surface area contributed by atoms with Gasteiger partial charge >= 0.3 is 0 Å². The van der Waals surface area contributed by atoms with Gasteiger partial charge in [-0.3, -0.25) is 4.57 Å². The van der Waals surface area contributed by atoms with Crippen molar-refractivity contribution in [1.82, 2.24) is 24.5 Å². The first-order chi connectivity index (χ1) is 14.4. The maximum atomic E-state index is 5.00. The van der Waals surface area contributed by atoms with Gasteiger partial charge in [0.15, 0.2) is 11.0 Å². The van der Waals surface area contributed by atoms with Crippen LogP contribution < -0.4 is 0 Å². The Hall–Kier alpha value is -2.38. The number of aromatic nitrogens is 5. The first-order valence-corrected chi connectivity index (χ1v) is 12.0. The lowest BCUT2D eigenvalue weighted by molar-refractivity contribution is 0.669. The molecule has 1 saturated carbocycles. The summed E-state index contributed by atoms with van der Waals surface area (Å²) >= 11 is 3.51. The fourth-order valence-electron chi connectivity index (χ4n) is 4.16. The predicted octanol–water partition coefficient (Wildman–Crippen LogP) is 5.31. The number of fused-ring (bicyclic) bond motifs is 1. The summed E-state index contributed by atoms with van der Waals surface area (Å²) in [5.74, 6) is 1.86. The van der Waals surface area contributed by atoms with Gasteiger partial charge in [-0.1, -0.05) is 36.0 Å². The van der Waals surface area contributed by atoms with Crippen LogP contribution in [0.1, 0.15) is 42.3 Å². The van der Waals surface area contributed by atoms with Crippen molar-refractivity contribution < 1.29 is 0 Å². The highest BCUT2D eigenvalue weighted by Gasteiger charge is 2.31. The van der Waals surface area contributed by atoms with Gasteiger partial charge in [0.1, 0.15) is 0 Å². The monoisotopic (exact) mass is 419 g/mol. The highest BCUT2D eigenvalue weighted by Crippen LogP contribution is 2.42. The van der Waals surface area contributed by atoms with Gasteiger partial charge in [-0.25, -0.2) is 4.68 Å². The first-order valence-electron chi connectivity index (χ1n) is 10.1. The maximum absolute atomic E-state index is 5.00. The third-order valence-electron chi connectivity index (χ3n) is 5.67. The van der Waals surface area contributed by atoms with Crippen LogP contribution in [0.4, 0.5) is 0 Å². The molecule has 6 rings (SSSR count). The number of benzene rings is 1. The van der Waals surface area contributed by atoms with Crippen LogP contribution in [0.5, 0.6) is 0 Å². The lowest BCUT2D eigenvalue weighted by Crippen LogP contribution is -2.01. The number of hydrogen-bond acceptors (Lipinski definition) is 5. The van der Waals surface area contributed by atoms with Crippen LogP contribution >= 0.6 is 23.1 Å². The van der Waals surface area contributed by atoms with Crippen LogP contribution in [0.15, 0.2) is 53.0 Å². The molecule has 4 aromatic rings. The zero-order valence-electron chi connectivity index (χ0n) is 16.0. The van der Waals surface area contributed by atoms with Gasteiger partial charge < -0.3 is 0 Å². The van der Waals surface area contributed by atoms with E-state index in [0.717, 1.165) is 35.3 Å². The van der Waals surface area contributed by atoms with E-state index in [-0.39, 0.29) is 0 Å². The minimum atomic E-state index is 0.553. The maximum Gasteiger partial charge on any atom is 0.192 e. The number of nitrogens with zero attached hydrogens (tertiary/aromatic N) is 5. The molecule has 0 aliphatic heterocycles. The second-order valence-corrected chi connectivity index (χ2v) is 9.54. The highest BCUT2D eigenvalue weighted by molar-refractivity contribution is 7.98. The molecule has 3 heterocycles. The zero-order valence-corrected chi connectivity index (χ0v) is 17.6. The molecule has 7 heteroatoms. The van der Waals surface area contributed by atoms with E-state index in [1.165, 1.54) is 41.1 Å². The molecule has 0 atom stereocenters. The summed E-state index contributed by atoms with van der Waals surface area (Å²) in [5.41, 5.74) is 5.18. The Morgan fingerprint density at radius 1 is 1.03 bits per heavy atom. The fraction of sp³-hybridized carbons (Fsp3) is 0.318. The highest BCUT2D eigenvalue weighted by atomic mass is 32.2. The van der Waals surface area contributed by atoms with Crippen molar-refractivity contribution in [2.75, 3.05) is 0 Å². The molecule has 0 amide bonds. The third-order valence-corrected chi connectivity index (χ3v) is 7.49. The Labute approximate surface area is 177 Å². The zero-order chi connectivity index (χ0) is 19.2. The Kier molecular flexibility index (Phi) is 4.31. The number of rotatable bonds is 6. The fourth-order valence-corrected chi connectivity index (χ4v) is 5.83. The Morgan fingerprint density at radius 3 is 2.72 bits per heavy atom. The van der Waals surface area contributed by atoms with Gasteiger partial charge in [0.25, 0.3) is 0 Å². The molecule has 0 bridgehead atoms.